The van der Waals surface area contributed by atoms with Gasteiger partial charge in [-0.25, -0.2) is 5.43 Å². The quantitative estimate of drug-likeness (QED) is 0.610. The third-order valence-electron chi connectivity index (χ3n) is 3.31. The van der Waals surface area contributed by atoms with Gasteiger partial charge in [-0.2, -0.15) is 5.10 Å². The zero-order valence-corrected chi connectivity index (χ0v) is 13.4. The molecule has 0 aliphatic rings. The summed E-state index contributed by atoms with van der Waals surface area (Å²) in [5.41, 5.74) is 5.53. The highest BCUT2D eigenvalue weighted by Gasteiger charge is 2.00. The number of carbonyl (C=O) groups excluding carboxylic acids is 1. The fraction of sp³-hybridized carbons (Fsp3) is 0.222. The topological polar surface area (TPSA) is 62.7 Å². The maximum atomic E-state index is 11.7. The Labute approximate surface area is 136 Å². The molecule has 120 valence electrons. The van der Waals surface area contributed by atoms with Crippen LogP contribution in [-0.2, 0) is 11.2 Å². The zero-order valence-electron chi connectivity index (χ0n) is 13.4. The number of hydrogen-bond acceptors (Lipinski definition) is 4. The van der Waals surface area contributed by atoms with Crippen LogP contribution in [0.15, 0.2) is 53.6 Å². The predicted octanol–water partition coefficient (Wildman–Crippen LogP) is 2.82. The highest BCUT2D eigenvalue weighted by atomic mass is 16.5. The van der Waals surface area contributed by atoms with Crippen molar-refractivity contribution in [2.75, 3.05) is 19.0 Å². The molecule has 2 aromatic carbocycles. The van der Waals surface area contributed by atoms with Crippen LogP contribution in [0.25, 0.3) is 0 Å². The zero-order chi connectivity index (χ0) is 16.5. The van der Waals surface area contributed by atoms with Crippen molar-refractivity contribution in [2.24, 2.45) is 5.10 Å². The minimum absolute atomic E-state index is 0.138. The van der Waals surface area contributed by atoms with E-state index in [1.165, 1.54) is 5.56 Å². The van der Waals surface area contributed by atoms with Gasteiger partial charge in [0.2, 0.25) is 0 Å². The third-order valence-corrected chi connectivity index (χ3v) is 3.31. The summed E-state index contributed by atoms with van der Waals surface area (Å²) < 4.78 is 5.13. The van der Waals surface area contributed by atoms with Crippen LogP contribution in [0.5, 0.6) is 5.75 Å². The molecule has 2 aromatic rings. The highest BCUT2D eigenvalue weighted by Crippen LogP contribution is 2.16. The van der Waals surface area contributed by atoms with Crippen molar-refractivity contribution in [3.8, 4) is 5.75 Å². The largest absolute Gasteiger partial charge is 0.497 e. The molecule has 0 saturated heterocycles. The van der Waals surface area contributed by atoms with Crippen LogP contribution in [0, 0.1) is 0 Å². The van der Waals surface area contributed by atoms with E-state index in [-0.39, 0.29) is 12.5 Å². The first-order valence-corrected chi connectivity index (χ1v) is 7.50. The lowest BCUT2D eigenvalue weighted by molar-refractivity contribution is -0.119. The molecule has 0 radical (unpaired) electrons. The molecule has 23 heavy (non-hydrogen) atoms. The number of ether oxygens (including phenoxy) is 1. The van der Waals surface area contributed by atoms with E-state index in [0.717, 1.165) is 23.4 Å². The van der Waals surface area contributed by atoms with Crippen molar-refractivity contribution < 1.29 is 9.53 Å². The van der Waals surface area contributed by atoms with E-state index in [1.807, 2.05) is 48.5 Å². The summed E-state index contributed by atoms with van der Waals surface area (Å²) in [5.74, 6) is 0.526. The molecule has 0 aliphatic carbocycles. The molecular formula is C18H21N3O2. The number of amides is 1. The Morgan fingerprint density at radius 2 is 2.00 bits per heavy atom. The van der Waals surface area contributed by atoms with Gasteiger partial charge in [-0.1, -0.05) is 37.3 Å². The van der Waals surface area contributed by atoms with E-state index < -0.39 is 0 Å². The standard InChI is InChI=1S/C18H21N3O2/c1-3-14-7-9-15(10-8-14)12-20-21-18(22)13-19-16-5-4-6-17(11-16)23-2/h4-12,19H,3,13H2,1-2H3,(H,21,22)/b20-12-. The van der Waals surface area contributed by atoms with Crippen molar-refractivity contribution >= 4 is 17.8 Å². The summed E-state index contributed by atoms with van der Waals surface area (Å²) in [6.45, 7) is 2.25. The summed E-state index contributed by atoms with van der Waals surface area (Å²) >= 11 is 0. The maximum Gasteiger partial charge on any atom is 0.259 e. The van der Waals surface area contributed by atoms with Gasteiger partial charge >= 0.3 is 0 Å². The minimum atomic E-state index is -0.214. The second kappa shape index (κ2) is 8.58. The molecule has 0 atom stereocenters. The van der Waals surface area contributed by atoms with Crippen molar-refractivity contribution in [1.29, 1.82) is 0 Å². The van der Waals surface area contributed by atoms with E-state index in [2.05, 4.69) is 22.8 Å². The lowest BCUT2D eigenvalue weighted by atomic mass is 10.1. The van der Waals surface area contributed by atoms with Gasteiger partial charge in [-0.15, -0.1) is 0 Å². The van der Waals surface area contributed by atoms with E-state index in [1.54, 1.807) is 13.3 Å². The Balaban J connectivity index is 1.78. The number of hydrazone groups is 1. The molecule has 2 N–H and O–H groups in total. The number of anilines is 1. The van der Waals surface area contributed by atoms with Gasteiger partial charge in [0.15, 0.2) is 0 Å². The summed E-state index contributed by atoms with van der Waals surface area (Å²) in [5, 5.41) is 6.97. The molecule has 0 aromatic heterocycles. The summed E-state index contributed by atoms with van der Waals surface area (Å²) in [6, 6.07) is 15.4. The third kappa shape index (κ3) is 5.47. The minimum Gasteiger partial charge on any atom is -0.497 e. The van der Waals surface area contributed by atoms with Crippen LogP contribution in [0.2, 0.25) is 0 Å². The van der Waals surface area contributed by atoms with E-state index >= 15 is 0 Å². The molecule has 5 heteroatoms. The Morgan fingerprint density at radius 3 is 2.70 bits per heavy atom. The molecule has 5 nitrogen and oxygen atoms in total. The molecular weight excluding hydrogens is 290 g/mol. The molecule has 0 aliphatic heterocycles. The predicted molar refractivity (Wildman–Crippen MR) is 93.0 cm³/mol. The Morgan fingerprint density at radius 1 is 1.22 bits per heavy atom. The first kappa shape index (κ1) is 16.5. The Bertz CT molecular complexity index is 666. The molecule has 0 heterocycles. The van der Waals surface area contributed by atoms with Crippen molar-refractivity contribution in [3.05, 3.63) is 59.7 Å². The molecule has 0 spiro atoms. The fourth-order valence-electron chi connectivity index (χ4n) is 1.97. The van der Waals surface area contributed by atoms with Crippen molar-refractivity contribution in [1.82, 2.24) is 5.43 Å². The van der Waals surface area contributed by atoms with Gasteiger partial charge in [0, 0.05) is 11.8 Å². The van der Waals surface area contributed by atoms with Crippen molar-refractivity contribution in [3.63, 3.8) is 0 Å². The molecule has 0 unspecified atom stereocenters. The van der Waals surface area contributed by atoms with Gasteiger partial charge in [0.25, 0.3) is 5.91 Å². The van der Waals surface area contributed by atoms with Crippen LogP contribution in [-0.4, -0.2) is 25.8 Å². The second-order valence-electron chi connectivity index (χ2n) is 4.97. The number of rotatable bonds is 7. The van der Waals surface area contributed by atoms with Gasteiger partial charge in [-0.3, -0.25) is 4.79 Å². The molecule has 0 fully saturated rings. The number of nitrogens with zero attached hydrogens (tertiary/aromatic N) is 1. The average Bonchev–Trinajstić information content (AvgIpc) is 2.61. The number of aryl methyl sites for hydroxylation is 1. The second-order valence-corrected chi connectivity index (χ2v) is 4.97. The molecule has 2 rings (SSSR count). The van der Waals surface area contributed by atoms with E-state index in [4.69, 9.17) is 4.74 Å². The lowest BCUT2D eigenvalue weighted by Gasteiger charge is -2.06. The number of methoxy groups -OCH3 is 1. The van der Waals surface area contributed by atoms with Gasteiger partial charge in [-0.05, 0) is 29.7 Å². The highest BCUT2D eigenvalue weighted by molar-refractivity contribution is 5.84. The summed E-state index contributed by atoms with van der Waals surface area (Å²) in [4.78, 5) is 11.7. The molecule has 1 amide bonds. The van der Waals surface area contributed by atoms with Gasteiger partial charge < -0.3 is 10.1 Å². The van der Waals surface area contributed by atoms with Crippen LogP contribution in [0.3, 0.4) is 0 Å². The lowest BCUT2D eigenvalue weighted by Crippen LogP contribution is -2.25. The number of carbonyl (C=O) groups is 1. The fourth-order valence-corrected chi connectivity index (χ4v) is 1.97. The normalized spacial score (nSPS) is 10.5. The average molecular weight is 311 g/mol. The summed E-state index contributed by atoms with van der Waals surface area (Å²) in [6.07, 6.45) is 2.63. The van der Waals surface area contributed by atoms with Crippen molar-refractivity contribution in [2.45, 2.75) is 13.3 Å². The summed E-state index contributed by atoms with van der Waals surface area (Å²) in [7, 11) is 1.60. The maximum absolute atomic E-state index is 11.7. The van der Waals surface area contributed by atoms with Gasteiger partial charge in [0.05, 0.1) is 19.9 Å². The smallest absolute Gasteiger partial charge is 0.259 e. The van der Waals surface area contributed by atoms with E-state index in [0.29, 0.717) is 0 Å². The van der Waals surface area contributed by atoms with Gasteiger partial charge in [0.1, 0.15) is 5.75 Å². The first-order valence-electron chi connectivity index (χ1n) is 7.50. The molecule has 0 bridgehead atoms. The number of benzene rings is 2. The SMILES string of the molecule is CCc1ccc(/C=N\NC(=O)CNc2cccc(OC)c2)cc1. The number of hydrogen-bond donors (Lipinski definition) is 2. The van der Waals surface area contributed by atoms with E-state index in [9.17, 15) is 4.79 Å². The Hall–Kier alpha value is -2.82. The van der Waals surface area contributed by atoms with Crippen LogP contribution in [0.4, 0.5) is 5.69 Å². The van der Waals surface area contributed by atoms with Crippen LogP contribution in [0.1, 0.15) is 18.1 Å². The van der Waals surface area contributed by atoms with Crippen LogP contribution < -0.4 is 15.5 Å². The number of nitrogens with one attached hydrogen (secondary N) is 2. The van der Waals surface area contributed by atoms with Crippen LogP contribution >= 0.6 is 0 Å². The molecule has 0 saturated carbocycles. The monoisotopic (exact) mass is 311 g/mol. The first-order chi connectivity index (χ1) is 11.2. The Kier molecular flexibility index (Phi) is 6.17.